The summed E-state index contributed by atoms with van der Waals surface area (Å²) in [5.74, 6) is 2.54. The molecular formula is C18H23BrN4O2. The van der Waals surface area contributed by atoms with Crippen LogP contribution in [0, 0.1) is 5.92 Å². The van der Waals surface area contributed by atoms with E-state index >= 15 is 0 Å². The first-order chi connectivity index (χ1) is 12.0. The second kappa shape index (κ2) is 6.29. The summed E-state index contributed by atoms with van der Waals surface area (Å²) in [6.07, 6.45) is 1.13. The summed E-state index contributed by atoms with van der Waals surface area (Å²) in [5, 5.41) is 4.17. The van der Waals surface area contributed by atoms with Crippen LogP contribution in [-0.2, 0) is 4.79 Å². The largest absolute Gasteiger partial charge is 0.483 e. The number of likely N-dealkylation sites (tertiary alicyclic amines) is 1. The molecule has 7 heteroatoms. The monoisotopic (exact) mass is 406 g/mol. The molecule has 0 spiro atoms. The van der Waals surface area contributed by atoms with Crippen LogP contribution in [0.5, 0.6) is 5.75 Å². The molecule has 3 unspecified atom stereocenters. The Balaban J connectivity index is 1.76. The Hall–Kier alpha value is -1.60. The van der Waals surface area contributed by atoms with Crippen molar-refractivity contribution in [1.29, 1.82) is 0 Å². The first kappa shape index (κ1) is 16.8. The number of anilines is 1. The van der Waals surface area contributed by atoms with Crippen LogP contribution in [0.4, 0.5) is 5.69 Å². The van der Waals surface area contributed by atoms with E-state index < -0.39 is 0 Å². The Morgan fingerprint density at radius 1 is 1.36 bits per heavy atom. The third-order valence-electron chi connectivity index (χ3n) is 5.54. The first-order valence-electron chi connectivity index (χ1n) is 8.76. The lowest BCUT2D eigenvalue weighted by atomic mass is 9.81. The molecule has 0 saturated carbocycles. The van der Waals surface area contributed by atoms with Gasteiger partial charge in [0.15, 0.2) is 5.84 Å². The van der Waals surface area contributed by atoms with Crippen LogP contribution >= 0.6 is 15.9 Å². The Morgan fingerprint density at radius 2 is 2.16 bits per heavy atom. The fraction of sp³-hybridized carbons (Fsp3) is 0.556. The van der Waals surface area contributed by atoms with Crippen molar-refractivity contribution in [3.8, 4) is 5.75 Å². The molecule has 1 N–H and O–H groups in total. The summed E-state index contributed by atoms with van der Waals surface area (Å²) in [6.45, 7) is 6.78. The van der Waals surface area contributed by atoms with Crippen molar-refractivity contribution in [3.05, 3.63) is 22.2 Å². The Morgan fingerprint density at radius 3 is 2.92 bits per heavy atom. The highest BCUT2D eigenvalue weighted by atomic mass is 79.9. The summed E-state index contributed by atoms with van der Waals surface area (Å²) < 4.78 is 6.97. The normalized spacial score (nSPS) is 29.3. The van der Waals surface area contributed by atoms with Crippen molar-refractivity contribution < 1.29 is 9.53 Å². The smallest absolute Gasteiger partial charge is 0.262 e. The second-order valence-corrected chi connectivity index (χ2v) is 8.17. The lowest BCUT2D eigenvalue weighted by Crippen LogP contribution is -2.55. The molecule has 1 amide bonds. The minimum atomic E-state index is -0.293. The van der Waals surface area contributed by atoms with Crippen LogP contribution in [-0.4, -0.2) is 49.4 Å². The minimum Gasteiger partial charge on any atom is -0.483 e. The molecule has 0 bridgehead atoms. The number of nitrogens with one attached hydrogen (secondary N) is 1. The number of ether oxygens (including phenoxy) is 1. The number of hydrogen-bond donors (Lipinski definition) is 1. The zero-order valence-corrected chi connectivity index (χ0v) is 16.3. The predicted molar refractivity (Wildman–Crippen MR) is 101 cm³/mol. The Bertz CT molecular complexity index is 751. The van der Waals surface area contributed by atoms with E-state index in [9.17, 15) is 4.79 Å². The number of hydrazone groups is 1. The van der Waals surface area contributed by atoms with E-state index in [2.05, 4.69) is 51.4 Å². The maximum atomic E-state index is 12.1. The van der Waals surface area contributed by atoms with Crippen LogP contribution in [0.1, 0.15) is 31.7 Å². The number of fused-ring (bicyclic) bond motifs is 3. The standard InChI is InChI=1S/C18H23BrN4O2/c1-10-8-22(3)5-4-12(10)13-6-15-16(7-14(13)19)25-9-17-20-21-18(24)11(2)23(15)17/h6-7,10-12H,4-5,8-9H2,1-3H3,(H,21,24). The highest BCUT2D eigenvalue weighted by Crippen LogP contribution is 2.44. The topological polar surface area (TPSA) is 57.2 Å². The SMILES string of the molecule is CC1CN(C)CCC1c1cc2c(cc1Br)OCC1=NNC(=O)C(C)N12. The lowest BCUT2D eigenvalue weighted by molar-refractivity contribution is -0.122. The first-order valence-corrected chi connectivity index (χ1v) is 9.55. The van der Waals surface area contributed by atoms with E-state index in [4.69, 9.17) is 4.74 Å². The minimum absolute atomic E-state index is 0.0891. The molecular weight excluding hydrogens is 384 g/mol. The average Bonchev–Trinajstić information content (AvgIpc) is 2.58. The summed E-state index contributed by atoms with van der Waals surface area (Å²) in [4.78, 5) is 16.5. The molecule has 6 nitrogen and oxygen atoms in total. The van der Waals surface area contributed by atoms with Crippen molar-refractivity contribution in [2.24, 2.45) is 11.0 Å². The molecule has 0 aliphatic carbocycles. The summed E-state index contributed by atoms with van der Waals surface area (Å²) in [7, 11) is 2.18. The summed E-state index contributed by atoms with van der Waals surface area (Å²) in [5.41, 5.74) is 4.81. The Kier molecular flexibility index (Phi) is 4.24. The second-order valence-electron chi connectivity index (χ2n) is 7.31. The summed E-state index contributed by atoms with van der Waals surface area (Å²) in [6, 6.07) is 3.94. The molecule has 4 rings (SSSR count). The lowest BCUT2D eigenvalue weighted by Gasteiger charge is -2.40. The van der Waals surface area contributed by atoms with Crippen LogP contribution in [0.2, 0.25) is 0 Å². The van der Waals surface area contributed by atoms with Gasteiger partial charge in [-0.25, -0.2) is 5.43 Å². The van der Waals surface area contributed by atoms with Crippen LogP contribution in [0.15, 0.2) is 21.7 Å². The number of carbonyl (C=O) groups is 1. The maximum Gasteiger partial charge on any atom is 0.262 e. The molecule has 0 aromatic heterocycles. The van der Waals surface area contributed by atoms with Gasteiger partial charge in [0.05, 0.1) is 5.69 Å². The molecule has 25 heavy (non-hydrogen) atoms. The fourth-order valence-electron chi connectivity index (χ4n) is 4.16. The zero-order valence-electron chi connectivity index (χ0n) is 14.8. The zero-order chi connectivity index (χ0) is 17.7. The van der Waals surface area contributed by atoms with Gasteiger partial charge in [0.1, 0.15) is 18.4 Å². The van der Waals surface area contributed by atoms with Gasteiger partial charge in [0, 0.05) is 11.0 Å². The van der Waals surface area contributed by atoms with E-state index in [0.717, 1.165) is 41.3 Å². The van der Waals surface area contributed by atoms with E-state index in [1.807, 2.05) is 17.9 Å². The van der Waals surface area contributed by atoms with Crippen molar-refractivity contribution in [1.82, 2.24) is 10.3 Å². The van der Waals surface area contributed by atoms with Gasteiger partial charge in [-0.2, -0.15) is 5.10 Å². The van der Waals surface area contributed by atoms with Crippen LogP contribution < -0.4 is 15.1 Å². The molecule has 3 atom stereocenters. The van der Waals surface area contributed by atoms with E-state index in [0.29, 0.717) is 18.4 Å². The van der Waals surface area contributed by atoms with E-state index in [-0.39, 0.29) is 11.9 Å². The quantitative estimate of drug-likeness (QED) is 0.778. The molecule has 3 heterocycles. The molecule has 134 valence electrons. The van der Waals surface area contributed by atoms with Crippen LogP contribution in [0.3, 0.4) is 0 Å². The number of amides is 1. The van der Waals surface area contributed by atoms with Gasteiger partial charge in [-0.3, -0.25) is 4.79 Å². The van der Waals surface area contributed by atoms with Gasteiger partial charge < -0.3 is 14.5 Å². The molecule has 0 radical (unpaired) electrons. The number of rotatable bonds is 1. The third kappa shape index (κ3) is 2.83. The number of nitrogens with zero attached hydrogens (tertiary/aromatic N) is 3. The highest BCUT2D eigenvalue weighted by molar-refractivity contribution is 9.10. The van der Waals surface area contributed by atoms with Crippen molar-refractivity contribution in [3.63, 3.8) is 0 Å². The van der Waals surface area contributed by atoms with Gasteiger partial charge in [0.25, 0.3) is 5.91 Å². The predicted octanol–water partition coefficient (Wildman–Crippen LogP) is 2.53. The summed E-state index contributed by atoms with van der Waals surface area (Å²) >= 11 is 3.75. The van der Waals surface area contributed by atoms with E-state index in [1.165, 1.54) is 5.56 Å². The van der Waals surface area contributed by atoms with Crippen molar-refractivity contribution in [2.45, 2.75) is 32.2 Å². The number of piperidine rings is 1. The molecule has 1 aromatic carbocycles. The number of carbonyl (C=O) groups excluding carboxylic acids is 1. The molecule has 3 aliphatic rings. The molecule has 3 aliphatic heterocycles. The number of amidine groups is 1. The van der Waals surface area contributed by atoms with Crippen molar-refractivity contribution in [2.75, 3.05) is 31.6 Å². The fourth-order valence-corrected chi connectivity index (χ4v) is 4.78. The van der Waals surface area contributed by atoms with Gasteiger partial charge in [-0.1, -0.05) is 22.9 Å². The van der Waals surface area contributed by atoms with Gasteiger partial charge in [0.2, 0.25) is 0 Å². The molecule has 1 fully saturated rings. The van der Waals surface area contributed by atoms with Gasteiger partial charge in [-0.05, 0) is 56.5 Å². The van der Waals surface area contributed by atoms with Crippen molar-refractivity contribution >= 4 is 33.4 Å². The Labute approximate surface area is 156 Å². The van der Waals surface area contributed by atoms with Gasteiger partial charge in [-0.15, -0.1) is 0 Å². The van der Waals surface area contributed by atoms with Gasteiger partial charge >= 0.3 is 0 Å². The number of halogens is 1. The van der Waals surface area contributed by atoms with Crippen LogP contribution in [0.25, 0.3) is 0 Å². The highest BCUT2D eigenvalue weighted by Gasteiger charge is 2.36. The third-order valence-corrected chi connectivity index (χ3v) is 6.23. The maximum absolute atomic E-state index is 12.1. The number of benzene rings is 1. The number of hydrogen-bond acceptors (Lipinski definition) is 5. The molecule has 1 saturated heterocycles. The molecule has 1 aromatic rings. The average molecular weight is 407 g/mol. The van der Waals surface area contributed by atoms with E-state index in [1.54, 1.807) is 0 Å².